The first kappa shape index (κ1) is 14.6. The maximum Gasteiger partial charge on any atom is -0.00146 e. The second kappa shape index (κ2) is 6.09. The molecular weight excluding hydrogens is 230 g/mol. The highest BCUT2D eigenvalue weighted by molar-refractivity contribution is 5.39. The molecule has 106 valence electrons. The van der Waals surface area contributed by atoms with Crippen molar-refractivity contribution < 1.29 is 0 Å². The molecule has 1 aromatic carbocycles. The predicted molar refractivity (Wildman–Crippen MR) is 83.8 cm³/mol. The van der Waals surface area contributed by atoms with Gasteiger partial charge in [0.15, 0.2) is 0 Å². The second-order valence-corrected chi connectivity index (χ2v) is 6.78. The largest absolute Gasteiger partial charge is 0.316 e. The van der Waals surface area contributed by atoms with Crippen LogP contribution in [0.15, 0.2) is 12.1 Å². The molecule has 0 spiro atoms. The second-order valence-electron chi connectivity index (χ2n) is 6.78. The molecule has 1 heteroatoms. The van der Waals surface area contributed by atoms with Gasteiger partial charge in [-0.25, -0.2) is 0 Å². The van der Waals surface area contributed by atoms with E-state index in [9.17, 15) is 0 Å². The first-order valence-corrected chi connectivity index (χ1v) is 7.77. The summed E-state index contributed by atoms with van der Waals surface area (Å²) in [6.45, 7) is 13.8. The third-order valence-electron chi connectivity index (χ3n) is 4.66. The summed E-state index contributed by atoms with van der Waals surface area (Å²) in [6, 6.07) is 4.83. The average Bonchev–Trinajstić information content (AvgIpc) is 2.34. The normalized spacial score (nSPS) is 23.9. The summed E-state index contributed by atoms with van der Waals surface area (Å²) in [5.74, 6) is 2.34. The number of hydrogen-bond donors (Lipinski definition) is 1. The van der Waals surface area contributed by atoms with Gasteiger partial charge in [-0.1, -0.05) is 26.0 Å². The van der Waals surface area contributed by atoms with Crippen molar-refractivity contribution in [2.75, 3.05) is 13.1 Å². The Balaban J connectivity index is 2.29. The Kier molecular flexibility index (Phi) is 4.67. The topological polar surface area (TPSA) is 12.0 Å². The van der Waals surface area contributed by atoms with Crippen LogP contribution >= 0.6 is 0 Å². The van der Waals surface area contributed by atoms with Gasteiger partial charge in [0, 0.05) is 0 Å². The molecule has 1 aliphatic heterocycles. The molecule has 0 aromatic heterocycles. The molecule has 2 unspecified atom stereocenters. The molecule has 0 saturated carbocycles. The molecule has 1 heterocycles. The third kappa shape index (κ3) is 3.39. The number of benzene rings is 1. The van der Waals surface area contributed by atoms with E-state index in [1.165, 1.54) is 42.6 Å². The number of nitrogens with one attached hydrogen (secondary N) is 1. The van der Waals surface area contributed by atoms with Crippen LogP contribution in [-0.2, 0) is 0 Å². The fraction of sp³-hybridized carbons (Fsp3) is 0.667. The summed E-state index contributed by atoms with van der Waals surface area (Å²) in [7, 11) is 0. The van der Waals surface area contributed by atoms with Crippen LogP contribution in [-0.4, -0.2) is 13.1 Å². The van der Waals surface area contributed by atoms with Crippen LogP contribution in [0.3, 0.4) is 0 Å². The number of piperidine rings is 1. The van der Waals surface area contributed by atoms with Crippen molar-refractivity contribution in [3.8, 4) is 0 Å². The van der Waals surface area contributed by atoms with E-state index in [4.69, 9.17) is 0 Å². The lowest BCUT2D eigenvalue weighted by Crippen LogP contribution is -2.36. The van der Waals surface area contributed by atoms with Crippen LogP contribution in [0.2, 0.25) is 0 Å². The molecule has 19 heavy (non-hydrogen) atoms. The highest BCUT2D eigenvalue weighted by Gasteiger charge is 2.28. The van der Waals surface area contributed by atoms with E-state index in [-0.39, 0.29) is 0 Å². The van der Waals surface area contributed by atoms with Crippen LogP contribution in [0, 0.1) is 32.6 Å². The van der Waals surface area contributed by atoms with Crippen molar-refractivity contribution in [2.24, 2.45) is 11.8 Å². The van der Waals surface area contributed by atoms with E-state index in [2.05, 4.69) is 52.1 Å². The maximum absolute atomic E-state index is 3.59. The molecule has 0 amide bonds. The van der Waals surface area contributed by atoms with Gasteiger partial charge in [0.1, 0.15) is 0 Å². The predicted octanol–water partition coefficient (Wildman–Crippen LogP) is 4.35. The SMILES string of the molecule is Cc1cc(C)c(C2CCNCC2CC(C)C)cc1C. The van der Waals surface area contributed by atoms with E-state index in [0.717, 1.165) is 17.8 Å². The Bertz CT molecular complexity index is 434. The Morgan fingerprint density at radius 2 is 1.79 bits per heavy atom. The Labute approximate surface area is 118 Å². The first-order valence-electron chi connectivity index (χ1n) is 7.77. The van der Waals surface area contributed by atoms with Crippen molar-refractivity contribution in [3.63, 3.8) is 0 Å². The zero-order chi connectivity index (χ0) is 14.0. The lowest BCUT2D eigenvalue weighted by molar-refractivity contribution is 0.279. The summed E-state index contributed by atoms with van der Waals surface area (Å²) in [5.41, 5.74) is 5.97. The molecule has 0 aliphatic carbocycles. The monoisotopic (exact) mass is 259 g/mol. The molecule has 0 bridgehead atoms. The van der Waals surface area contributed by atoms with Gasteiger partial charge in [0.05, 0.1) is 0 Å². The zero-order valence-electron chi connectivity index (χ0n) is 13.2. The summed E-state index contributed by atoms with van der Waals surface area (Å²) in [5, 5.41) is 3.59. The maximum atomic E-state index is 3.59. The van der Waals surface area contributed by atoms with Crippen LogP contribution in [0.4, 0.5) is 0 Å². The molecule has 2 rings (SSSR count). The van der Waals surface area contributed by atoms with Crippen molar-refractivity contribution in [1.29, 1.82) is 0 Å². The number of aryl methyl sites for hydroxylation is 3. The summed E-state index contributed by atoms with van der Waals surface area (Å²) in [6.07, 6.45) is 2.63. The fourth-order valence-electron chi connectivity index (χ4n) is 3.57. The van der Waals surface area contributed by atoms with Crippen LogP contribution in [0.5, 0.6) is 0 Å². The van der Waals surface area contributed by atoms with Crippen molar-refractivity contribution in [2.45, 2.75) is 53.4 Å². The van der Waals surface area contributed by atoms with Crippen molar-refractivity contribution in [3.05, 3.63) is 34.4 Å². The molecule has 0 radical (unpaired) electrons. The van der Waals surface area contributed by atoms with Gasteiger partial charge in [0.25, 0.3) is 0 Å². The van der Waals surface area contributed by atoms with Crippen LogP contribution in [0.25, 0.3) is 0 Å². The first-order chi connectivity index (χ1) is 8.99. The van der Waals surface area contributed by atoms with E-state index < -0.39 is 0 Å². The zero-order valence-corrected chi connectivity index (χ0v) is 13.2. The standard InChI is InChI=1S/C18H29N/c1-12(2)8-16-11-19-7-6-17(16)18-10-14(4)13(3)9-15(18)5/h9-10,12,16-17,19H,6-8,11H2,1-5H3. The molecule has 2 atom stereocenters. The van der Waals surface area contributed by atoms with Gasteiger partial charge in [-0.3, -0.25) is 0 Å². The molecule has 1 aliphatic rings. The Morgan fingerprint density at radius 3 is 2.47 bits per heavy atom. The minimum Gasteiger partial charge on any atom is -0.316 e. The van der Waals surface area contributed by atoms with Crippen LogP contribution < -0.4 is 5.32 Å². The lowest BCUT2D eigenvalue weighted by Gasteiger charge is -2.35. The smallest absolute Gasteiger partial charge is 0.00146 e. The van der Waals surface area contributed by atoms with E-state index in [1.807, 2.05) is 0 Å². The molecule has 1 fully saturated rings. The van der Waals surface area contributed by atoms with Gasteiger partial charge < -0.3 is 5.32 Å². The van der Waals surface area contributed by atoms with Gasteiger partial charge in [0.2, 0.25) is 0 Å². The molecular formula is C18H29N. The number of rotatable bonds is 3. The summed E-state index contributed by atoms with van der Waals surface area (Å²) in [4.78, 5) is 0. The van der Waals surface area contributed by atoms with Gasteiger partial charge in [-0.2, -0.15) is 0 Å². The van der Waals surface area contributed by atoms with Crippen molar-refractivity contribution in [1.82, 2.24) is 5.32 Å². The van der Waals surface area contributed by atoms with E-state index in [1.54, 1.807) is 5.56 Å². The molecule has 1 aromatic rings. The summed E-state index contributed by atoms with van der Waals surface area (Å²) >= 11 is 0. The Morgan fingerprint density at radius 1 is 1.11 bits per heavy atom. The molecule has 1 N–H and O–H groups in total. The van der Waals surface area contributed by atoms with Gasteiger partial charge >= 0.3 is 0 Å². The summed E-state index contributed by atoms with van der Waals surface area (Å²) < 4.78 is 0. The van der Waals surface area contributed by atoms with E-state index >= 15 is 0 Å². The highest BCUT2D eigenvalue weighted by Crippen LogP contribution is 2.36. The van der Waals surface area contributed by atoms with Crippen LogP contribution in [0.1, 0.15) is 54.9 Å². The average molecular weight is 259 g/mol. The minimum absolute atomic E-state index is 0.753. The quantitative estimate of drug-likeness (QED) is 0.851. The van der Waals surface area contributed by atoms with E-state index in [0.29, 0.717) is 0 Å². The van der Waals surface area contributed by atoms with Gasteiger partial charge in [-0.05, 0) is 86.7 Å². The Hall–Kier alpha value is -0.820. The minimum atomic E-state index is 0.753. The van der Waals surface area contributed by atoms with Crippen molar-refractivity contribution >= 4 is 0 Å². The lowest BCUT2D eigenvalue weighted by atomic mass is 9.75. The fourth-order valence-corrected chi connectivity index (χ4v) is 3.57. The number of hydrogen-bond acceptors (Lipinski definition) is 1. The third-order valence-corrected chi connectivity index (χ3v) is 4.66. The van der Waals surface area contributed by atoms with Gasteiger partial charge in [-0.15, -0.1) is 0 Å². The molecule has 1 saturated heterocycles. The molecule has 1 nitrogen and oxygen atoms in total. The highest BCUT2D eigenvalue weighted by atomic mass is 14.9.